The van der Waals surface area contributed by atoms with E-state index in [2.05, 4.69) is 17.9 Å². The highest BCUT2D eigenvalue weighted by Crippen LogP contribution is 2.11. The average Bonchev–Trinajstić information content (AvgIpc) is 2.14. The number of rotatable bonds is 0. The third kappa shape index (κ3) is 2.26. The smallest absolute Gasteiger partial charge is 0.0339 e. The Kier molecular flexibility index (Phi) is 3.68. The van der Waals surface area contributed by atoms with Crippen LogP contribution < -0.4 is 0 Å². The Bertz CT molecular complexity index is 117. The lowest BCUT2D eigenvalue weighted by molar-refractivity contribution is 0.410. The first-order valence-electron chi connectivity index (χ1n) is 2.97. The molecule has 1 fully saturated rings. The highest BCUT2D eigenvalue weighted by atomic mass is 35.5. The van der Waals surface area contributed by atoms with Crippen molar-refractivity contribution in [2.24, 2.45) is 5.92 Å². The minimum atomic E-state index is 0. The predicted molar refractivity (Wildman–Crippen MR) is 41.7 cm³/mol. The van der Waals surface area contributed by atoms with Gasteiger partial charge in [-0.25, -0.2) is 0 Å². The zero-order chi connectivity index (χ0) is 5.98. The number of likely N-dealkylation sites (tertiary alicyclic amines) is 1. The molecule has 1 unspecified atom stereocenters. The van der Waals surface area contributed by atoms with Crippen LogP contribution in [0.5, 0.6) is 0 Å². The summed E-state index contributed by atoms with van der Waals surface area (Å²) in [5.41, 5.74) is 0. The van der Waals surface area contributed by atoms with Gasteiger partial charge in [-0.05, 0) is 20.0 Å². The van der Waals surface area contributed by atoms with Gasteiger partial charge in [-0.3, -0.25) is 0 Å². The van der Waals surface area contributed by atoms with Crippen LogP contribution >= 0.6 is 12.4 Å². The molecule has 1 atom stereocenters. The minimum absolute atomic E-state index is 0. The molecule has 1 rings (SSSR count). The maximum absolute atomic E-state index is 5.22. The van der Waals surface area contributed by atoms with Crippen molar-refractivity contribution in [2.45, 2.75) is 6.42 Å². The van der Waals surface area contributed by atoms with E-state index in [1.54, 1.807) is 0 Å². The zero-order valence-corrected chi connectivity index (χ0v) is 6.45. The molecule has 1 aliphatic rings. The Hall–Kier alpha value is -0.190. The summed E-state index contributed by atoms with van der Waals surface area (Å²) in [6, 6.07) is 0. The van der Waals surface area contributed by atoms with E-state index >= 15 is 0 Å². The molecular formula is C7H12ClN. The van der Waals surface area contributed by atoms with Crippen molar-refractivity contribution in [3.8, 4) is 12.3 Å². The summed E-state index contributed by atoms with van der Waals surface area (Å²) in [6.07, 6.45) is 6.41. The summed E-state index contributed by atoms with van der Waals surface area (Å²) in [5, 5.41) is 0. The number of nitrogens with zero attached hydrogens (tertiary/aromatic N) is 1. The molecule has 2 heteroatoms. The monoisotopic (exact) mass is 145 g/mol. The Morgan fingerprint density at radius 3 is 2.56 bits per heavy atom. The van der Waals surface area contributed by atoms with E-state index < -0.39 is 0 Å². The molecule has 0 saturated carbocycles. The van der Waals surface area contributed by atoms with Crippen molar-refractivity contribution in [1.82, 2.24) is 4.90 Å². The lowest BCUT2D eigenvalue weighted by Gasteiger charge is -2.03. The van der Waals surface area contributed by atoms with Crippen LogP contribution in [0, 0.1) is 18.3 Å². The summed E-state index contributed by atoms with van der Waals surface area (Å²) in [5.74, 6) is 3.28. The third-order valence-corrected chi connectivity index (χ3v) is 1.63. The van der Waals surface area contributed by atoms with Gasteiger partial charge in [0.15, 0.2) is 0 Å². The molecule has 1 saturated heterocycles. The van der Waals surface area contributed by atoms with Crippen molar-refractivity contribution in [3.63, 3.8) is 0 Å². The maximum Gasteiger partial charge on any atom is 0.0339 e. The summed E-state index contributed by atoms with van der Waals surface area (Å²) in [6.45, 7) is 2.27. The average molecular weight is 146 g/mol. The molecule has 0 N–H and O–H groups in total. The van der Waals surface area contributed by atoms with Crippen LogP contribution in [-0.4, -0.2) is 25.0 Å². The number of hydrogen-bond donors (Lipinski definition) is 0. The van der Waals surface area contributed by atoms with E-state index in [0.29, 0.717) is 5.92 Å². The van der Waals surface area contributed by atoms with Crippen molar-refractivity contribution in [2.75, 3.05) is 20.1 Å². The molecule has 1 heterocycles. The van der Waals surface area contributed by atoms with E-state index in [1.807, 2.05) is 0 Å². The first-order valence-corrected chi connectivity index (χ1v) is 2.97. The molecule has 52 valence electrons. The van der Waals surface area contributed by atoms with Gasteiger partial charge in [0.05, 0.1) is 0 Å². The van der Waals surface area contributed by atoms with Gasteiger partial charge < -0.3 is 4.90 Å². The summed E-state index contributed by atoms with van der Waals surface area (Å²) in [4.78, 5) is 2.27. The van der Waals surface area contributed by atoms with Gasteiger partial charge in [-0.15, -0.1) is 24.8 Å². The predicted octanol–water partition coefficient (Wildman–Crippen LogP) is 0.993. The van der Waals surface area contributed by atoms with Crippen LogP contribution in [0.15, 0.2) is 0 Å². The van der Waals surface area contributed by atoms with Crippen molar-refractivity contribution >= 4 is 12.4 Å². The molecule has 0 aromatic carbocycles. The number of hydrogen-bond acceptors (Lipinski definition) is 1. The van der Waals surface area contributed by atoms with Gasteiger partial charge in [0.2, 0.25) is 0 Å². The molecule has 1 aliphatic heterocycles. The van der Waals surface area contributed by atoms with Crippen molar-refractivity contribution in [3.05, 3.63) is 0 Å². The van der Waals surface area contributed by atoms with Crippen molar-refractivity contribution in [1.29, 1.82) is 0 Å². The third-order valence-electron chi connectivity index (χ3n) is 1.63. The van der Waals surface area contributed by atoms with E-state index in [-0.39, 0.29) is 12.4 Å². The molecule has 0 aliphatic carbocycles. The first-order chi connectivity index (χ1) is 3.83. The van der Waals surface area contributed by atoms with Crippen molar-refractivity contribution < 1.29 is 0 Å². The quantitative estimate of drug-likeness (QED) is 0.460. The molecule has 0 amide bonds. The molecule has 0 spiro atoms. The molecule has 0 bridgehead atoms. The Balaban J connectivity index is 0.000000640. The van der Waals surface area contributed by atoms with Crippen LogP contribution in [0.3, 0.4) is 0 Å². The summed E-state index contributed by atoms with van der Waals surface area (Å²) < 4.78 is 0. The molecule has 9 heavy (non-hydrogen) atoms. The number of terminal acetylenes is 1. The largest absolute Gasteiger partial charge is 0.305 e. The van der Waals surface area contributed by atoms with Crippen LogP contribution in [0.1, 0.15) is 6.42 Å². The van der Waals surface area contributed by atoms with Crippen LogP contribution in [0.4, 0.5) is 0 Å². The van der Waals surface area contributed by atoms with Crippen LogP contribution in [-0.2, 0) is 0 Å². The Labute approximate surface area is 62.8 Å². The maximum atomic E-state index is 5.22. The molecule has 1 nitrogen and oxygen atoms in total. The highest BCUT2D eigenvalue weighted by Gasteiger charge is 2.15. The van der Waals surface area contributed by atoms with Gasteiger partial charge in [-0.2, -0.15) is 0 Å². The van der Waals surface area contributed by atoms with Gasteiger partial charge in [0.25, 0.3) is 0 Å². The molecule has 0 aromatic rings. The normalized spacial score (nSPS) is 26.9. The van der Waals surface area contributed by atoms with Gasteiger partial charge >= 0.3 is 0 Å². The minimum Gasteiger partial charge on any atom is -0.305 e. The fourth-order valence-corrected chi connectivity index (χ4v) is 1.07. The molecule has 0 radical (unpaired) electrons. The second-order valence-corrected chi connectivity index (χ2v) is 2.41. The SMILES string of the molecule is C#CC1CCN(C)C1.Cl. The summed E-state index contributed by atoms with van der Waals surface area (Å²) >= 11 is 0. The fourth-order valence-electron chi connectivity index (χ4n) is 1.07. The van der Waals surface area contributed by atoms with Gasteiger partial charge in [0.1, 0.15) is 0 Å². The van der Waals surface area contributed by atoms with Gasteiger partial charge in [-0.1, -0.05) is 0 Å². The standard InChI is InChI=1S/C7H11N.ClH/c1-3-7-4-5-8(2)6-7;/h1,7H,4-6H2,2H3;1H. The molecular weight excluding hydrogens is 134 g/mol. The zero-order valence-electron chi connectivity index (χ0n) is 5.63. The second kappa shape index (κ2) is 3.76. The van der Waals surface area contributed by atoms with E-state index in [4.69, 9.17) is 6.42 Å². The number of halogens is 1. The van der Waals surface area contributed by atoms with E-state index in [9.17, 15) is 0 Å². The lowest BCUT2D eigenvalue weighted by Crippen LogP contribution is -2.13. The van der Waals surface area contributed by atoms with Gasteiger partial charge in [0, 0.05) is 12.5 Å². The topological polar surface area (TPSA) is 3.24 Å². The van der Waals surface area contributed by atoms with Crippen LogP contribution in [0.2, 0.25) is 0 Å². The van der Waals surface area contributed by atoms with E-state index in [0.717, 1.165) is 6.54 Å². The Morgan fingerprint density at radius 1 is 1.67 bits per heavy atom. The van der Waals surface area contributed by atoms with E-state index in [1.165, 1.54) is 13.0 Å². The summed E-state index contributed by atoms with van der Waals surface area (Å²) in [7, 11) is 2.11. The lowest BCUT2D eigenvalue weighted by atomic mass is 10.1. The first kappa shape index (κ1) is 8.81. The Morgan fingerprint density at radius 2 is 2.33 bits per heavy atom. The van der Waals surface area contributed by atoms with Crippen LogP contribution in [0.25, 0.3) is 0 Å². The fraction of sp³-hybridized carbons (Fsp3) is 0.714. The second-order valence-electron chi connectivity index (χ2n) is 2.41. The highest BCUT2D eigenvalue weighted by molar-refractivity contribution is 5.85. The molecule has 0 aromatic heterocycles.